The van der Waals surface area contributed by atoms with E-state index in [9.17, 15) is 13.4 Å². The fourth-order valence-electron chi connectivity index (χ4n) is 2.87. The van der Waals surface area contributed by atoms with Crippen LogP contribution in [0.1, 0.15) is 24.5 Å². The number of benzene rings is 2. The fraction of sp³-hybridized carbons (Fsp3) is 0.188. The minimum Gasteiger partial charge on any atom is -0.504 e. The summed E-state index contributed by atoms with van der Waals surface area (Å²) < 4.78 is 30.3. The molecule has 0 saturated heterocycles. The third-order valence-electron chi connectivity index (χ3n) is 3.79. The monoisotopic (exact) mass is 286 g/mol. The van der Waals surface area contributed by atoms with Gasteiger partial charge in [-0.1, -0.05) is 36.4 Å². The number of fused-ring (bicyclic) bond motifs is 3. The van der Waals surface area contributed by atoms with E-state index >= 15 is 0 Å². The Morgan fingerprint density at radius 3 is 2.62 bits per heavy atom. The number of aryl methyl sites for hydroxylation is 1. The summed E-state index contributed by atoms with van der Waals surface area (Å²) in [7, 11) is -2.95. The van der Waals surface area contributed by atoms with E-state index in [1.165, 1.54) is 6.92 Å². The molecule has 0 spiro atoms. The largest absolute Gasteiger partial charge is 0.796 e. The Morgan fingerprint density at radius 1 is 1.14 bits per heavy atom. The normalized spacial score (nSPS) is 14.0. The van der Waals surface area contributed by atoms with E-state index in [0.29, 0.717) is 24.0 Å². The minimum absolute atomic E-state index is 0.0375. The summed E-state index contributed by atoms with van der Waals surface area (Å²) in [6, 6.07) is 11.4. The van der Waals surface area contributed by atoms with Gasteiger partial charge in [-0.15, -0.1) is 0 Å². The summed E-state index contributed by atoms with van der Waals surface area (Å²) in [5.41, 5.74) is 1.92. The van der Waals surface area contributed by atoms with Crippen molar-refractivity contribution in [3.8, 4) is 0 Å². The first-order valence-electron chi connectivity index (χ1n) is 6.78. The number of hydrogen-bond acceptors (Lipinski definition) is 2. The molecule has 0 aromatic heterocycles. The van der Waals surface area contributed by atoms with Crippen molar-refractivity contribution in [2.24, 2.45) is 0 Å². The Balaban J connectivity index is 2.31. The standard InChI is InChI=1S/C16H13BF2O2/c1-10(20)13-9-8-12-7-6-11-4-2-3-5-14(11)15(12)16(13)21-17(18)19/h2-7H,8-9H2,1H3. The van der Waals surface area contributed by atoms with Crippen LogP contribution in [0.15, 0.2) is 42.0 Å². The van der Waals surface area contributed by atoms with E-state index in [1.807, 2.05) is 36.4 Å². The number of hydrogen-bond donors (Lipinski definition) is 0. The molecule has 2 aromatic carbocycles. The maximum Gasteiger partial charge on any atom is 0.796 e. The zero-order chi connectivity index (χ0) is 15.0. The first-order chi connectivity index (χ1) is 10.1. The minimum atomic E-state index is -2.95. The number of allylic oxidation sites excluding steroid dienone is 1. The molecule has 0 N–H and O–H groups in total. The zero-order valence-electron chi connectivity index (χ0n) is 11.5. The smallest absolute Gasteiger partial charge is 0.504 e. The second-order valence-electron chi connectivity index (χ2n) is 5.06. The summed E-state index contributed by atoms with van der Waals surface area (Å²) >= 11 is 0. The molecule has 0 aliphatic heterocycles. The predicted molar refractivity (Wildman–Crippen MR) is 78.9 cm³/mol. The second-order valence-corrected chi connectivity index (χ2v) is 5.06. The molecule has 0 heterocycles. The maximum absolute atomic E-state index is 12.8. The molecule has 1 aliphatic carbocycles. The van der Waals surface area contributed by atoms with Gasteiger partial charge in [-0.2, -0.15) is 0 Å². The molecule has 106 valence electrons. The molecule has 0 bridgehead atoms. The highest BCUT2D eigenvalue weighted by Crippen LogP contribution is 2.38. The SMILES string of the molecule is CC(=O)C1=C(OB(F)F)c2c(ccc3ccccc23)CC1. The van der Waals surface area contributed by atoms with Crippen molar-refractivity contribution in [3.63, 3.8) is 0 Å². The Labute approximate surface area is 121 Å². The number of rotatable bonds is 3. The number of Topliss-reactive ketones (excluding diaryl/α,β-unsaturated/α-hetero) is 1. The predicted octanol–water partition coefficient (Wildman–Crippen LogP) is 4.03. The second kappa shape index (κ2) is 5.32. The summed E-state index contributed by atoms with van der Waals surface area (Å²) in [6.45, 7) is 1.39. The molecule has 0 atom stereocenters. The summed E-state index contributed by atoms with van der Waals surface area (Å²) in [5, 5.41) is 1.78. The van der Waals surface area contributed by atoms with Gasteiger partial charge in [0.2, 0.25) is 0 Å². The number of halogens is 2. The van der Waals surface area contributed by atoms with Crippen molar-refractivity contribution in [2.75, 3.05) is 0 Å². The van der Waals surface area contributed by atoms with Gasteiger partial charge in [0, 0.05) is 11.1 Å². The summed E-state index contributed by atoms with van der Waals surface area (Å²) in [4.78, 5) is 11.8. The first-order valence-corrected chi connectivity index (χ1v) is 6.78. The van der Waals surface area contributed by atoms with Crippen LogP contribution in [0, 0.1) is 0 Å². The van der Waals surface area contributed by atoms with Gasteiger partial charge in [0.1, 0.15) is 5.76 Å². The fourth-order valence-corrected chi connectivity index (χ4v) is 2.87. The highest BCUT2D eigenvalue weighted by Gasteiger charge is 2.29. The maximum atomic E-state index is 12.8. The third-order valence-corrected chi connectivity index (χ3v) is 3.79. The molecule has 0 radical (unpaired) electrons. The van der Waals surface area contributed by atoms with Gasteiger partial charge in [0.05, 0.1) is 0 Å². The topological polar surface area (TPSA) is 26.3 Å². The van der Waals surface area contributed by atoms with Crippen LogP contribution in [0.5, 0.6) is 0 Å². The Morgan fingerprint density at radius 2 is 1.90 bits per heavy atom. The van der Waals surface area contributed by atoms with Crippen LogP contribution in [0.2, 0.25) is 0 Å². The Bertz CT molecular complexity index is 753. The Kier molecular flexibility index (Phi) is 3.49. The molecular weight excluding hydrogens is 273 g/mol. The van der Waals surface area contributed by atoms with E-state index in [2.05, 4.69) is 0 Å². The van der Waals surface area contributed by atoms with Gasteiger partial charge in [-0.25, -0.2) is 8.63 Å². The lowest BCUT2D eigenvalue weighted by Crippen LogP contribution is -2.16. The van der Waals surface area contributed by atoms with Gasteiger partial charge in [-0.3, -0.25) is 4.79 Å². The van der Waals surface area contributed by atoms with E-state index in [4.69, 9.17) is 4.65 Å². The average molecular weight is 286 g/mol. The lowest BCUT2D eigenvalue weighted by molar-refractivity contribution is -0.113. The lowest BCUT2D eigenvalue weighted by atomic mass is 9.85. The van der Waals surface area contributed by atoms with Crippen LogP contribution in [0.4, 0.5) is 8.63 Å². The summed E-state index contributed by atoms with van der Waals surface area (Å²) in [5.74, 6) is -0.181. The van der Waals surface area contributed by atoms with E-state index in [-0.39, 0.29) is 11.5 Å². The van der Waals surface area contributed by atoms with Crippen molar-refractivity contribution < 1.29 is 18.1 Å². The van der Waals surface area contributed by atoms with Gasteiger partial charge in [-0.05, 0) is 36.1 Å². The number of ketones is 1. The molecule has 0 amide bonds. The van der Waals surface area contributed by atoms with Crippen molar-refractivity contribution in [3.05, 3.63) is 53.1 Å². The molecule has 3 rings (SSSR count). The highest BCUT2D eigenvalue weighted by atomic mass is 19.2. The number of carbonyl (C=O) groups is 1. The van der Waals surface area contributed by atoms with Crippen LogP contribution in [0.3, 0.4) is 0 Å². The zero-order valence-corrected chi connectivity index (χ0v) is 11.5. The van der Waals surface area contributed by atoms with Crippen LogP contribution in [-0.2, 0) is 15.9 Å². The van der Waals surface area contributed by atoms with Gasteiger partial charge < -0.3 is 4.65 Å². The molecule has 2 nitrogen and oxygen atoms in total. The van der Waals surface area contributed by atoms with Crippen LogP contribution in [-0.4, -0.2) is 13.3 Å². The van der Waals surface area contributed by atoms with E-state index < -0.39 is 7.47 Å². The molecular formula is C16H13BF2O2. The molecule has 2 aromatic rings. The average Bonchev–Trinajstić information content (AvgIpc) is 2.46. The van der Waals surface area contributed by atoms with Crippen molar-refractivity contribution in [1.29, 1.82) is 0 Å². The van der Waals surface area contributed by atoms with Gasteiger partial charge in [0.15, 0.2) is 5.78 Å². The molecule has 21 heavy (non-hydrogen) atoms. The highest BCUT2D eigenvalue weighted by molar-refractivity contribution is 6.36. The third kappa shape index (κ3) is 2.44. The van der Waals surface area contributed by atoms with Crippen LogP contribution >= 0.6 is 0 Å². The molecule has 0 fully saturated rings. The first kappa shape index (κ1) is 13.8. The van der Waals surface area contributed by atoms with E-state index in [1.54, 1.807) is 0 Å². The molecule has 5 heteroatoms. The van der Waals surface area contributed by atoms with Crippen molar-refractivity contribution >= 4 is 29.8 Å². The van der Waals surface area contributed by atoms with Crippen molar-refractivity contribution in [2.45, 2.75) is 19.8 Å². The van der Waals surface area contributed by atoms with E-state index in [0.717, 1.165) is 16.3 Å². The molecule has 0 unspecified atom stereocenters. The Hall–Kier alpha value is -2.17. The quantitative estimate of drug-likeness (QED) is 0.796. The summed E-state index contributed by atoms with van der Waals surface area (Å²) in [6.07, 6.45) is 1.09. The molecule has 0 saturated carbocycles. The van der Waals surface area contributed by atoms with Gasteiger partial charge >= 0.3 is 7.47 Å². The van der Waals surface area contributed by atoms with Gasteiger partial charge in [0.25, 0.3) is 0 Å². The van der Waals surface area contributed by atoms with Crippen LogP contribution in [0.25, 0.3) is 16.5 Å². The van der Waals surface area contributed by atoms with Crippen molar-refractivity contribution in [1.82, 2.24) is 0 Å². The lowest BCUT2D eigenvalue weighted by Gasteiger charge is -2.23. The molecule has 1 aliphatic rings. The van der Waals surface area contributed by atoms with Crippen LogP contribution < -0.4 is 0 Å². The number of carbonyl (C=O) groups excluding carboxylic acids is 1.